The maximum absolute atomic E-state index is 11.0. The average molecular weight is 459 g/mol. The summed E-state index contributed by atoms with van der Waals surface area (Å²) in [6, 6.07) is 9.82. The molecular formula is C25H30O8. The Labute approximate surface area is 193 Å². The van der Waals surface area contributed by atoms with E-state index in [-0.39, 0.29) is 26.4 Å². The third-order valence-electron chi connectivity index (χ3n) is 4.39. The zero-order valence-corrected chi connectivity index (χ0v) is 18.9. The summed E-state index contributed by atoms with van der Waals surface area (Å²) in [7, 11) is 0. The number of hydrogen-bond acceptors (Lipinski definition) is 8. The molecule has 2 rings (SSSR count). The second-order valence-corrected chi connectivity index (χ2v) is 6.76. The molecule has 2 aromatic carbocycles. The molecule has 0 fully saturated rings. The number of carbonyl (C=O) groups is 2. The summed E-state index contributed by atoms with van der Waals surface area (Å²) in [5.74, 6) is 0.514. The smallest absolute Gasteiger partial charge is 0.330 e. The molecule has 2 aromatic rings. The third-order valence-corrected chi connectivity index (χ3v) is 4.39. The standard InChI is InChI=1S/C25H30O8/c1-4-23(26)31-15-11-28-10-14-30-21-9-8-20-7-6-19(3)25(22(20)18-21)33-17-13-29-12-16-32-24(27)5-2/h4-9,18H,1-2,10-17H2,3H3. The SMILES string of the molecule is C=CC(=O)OCCOCCOc1ccc2ccc(C)c(OCCOCCOC(=O)C=C)c2c1. The van der Waals surface area contributed by atoms with E-state index in [1.807, 2.05) is 37.3 Å². The van der Waals surface area contributed by atoms with Crippen LogP contribution in [0.25, 0.3) is 10.8 Å². The lowest BCUT2D eigenvalue weighted by Crippen LogP contribution is -2.13. The zero-order valence-electron chi connectivity index (χ0n) is 18.9. The van der Waals surface area contributed by atoms with Crippen LogP contribution in [0.4, 0.5) is 0 Å². The zero-order chi connectivity index (χ0) is 23.9. The van der Waals surface area contributed by atoms with Crippen molar-refractivity contribution in [3.05, 3.63) is 61.2 Å². The fourth-order valence-corrected chi connectivity index (χ4v) is 2.81. The highest BCUT2D eigenvalue weighted by molar-refractivity contribution is 5.90. The molecule has 0 saturated heterocycles. The first kappa shape index (κ1) is 25.9. The fourth-order valence-electron chi connectivity index (χ4n) is 2.81. The summed E-state index contributed by atoms with van der Waals surface area (Å²) >= 11 is 0. The van der Waals surface area contributed by atoms with Crippen LogP contribution < -0.4 is 9.47 Å². The van der Waals surface area contributed by atoms with Gasteiger partial charge in [-0.3, -0.25) is 0 Å². The summed E-state index contributed by atoms with van der Waals surface area (Å²) in [6.45, 7) is 11.0. The monoisotopic (exact) mass is 458 g/mol. The Morgan fingerprint density at radius 1 is 0.758 bits per heavy atom. The van der Waals surface area contributed by atoms with Gasteiger partial charge in [0.25, 0.3) is 0 Å². The van der Waals surface area contributed by atoms with Crippen LogP contribution in [0.3, 0.4) is 0 Å². The quantitative estimate of drug-likeness (QED) is 0.215. The van der Waals surface area contributed by atoms with Gasteiger partial charge in [0.15, 0.2) is 0 Å². The summed E-state index contributed by atoms with van der Waals surface area (Å²) in [4.78, 5) is 21.9. The Hall–Kier alpha value is -3.36. The molecule has 178 valence electrons. The molecule has 0 heterocycles. The Kier molecular flexibility index (Phi) is 11.5. The Balaban J connectivity index is 1.80. The summed E-state index contributed by atoms with van der Waals surface area (Å²) < 4.78 is 32.3. The van der Waals surface area contributed by atoms with E-state index in [9.17, 15) is 9.59 Å². The van der Waals surface area contributed by atoms with E-state index in [2.05, 4.69) is 13.2 Å². The van der Waals surface area contributed by atoms with Gasteiger partial charge in [-0.25, -0.2) is 9.59 Å². The van der Waals surface area contributed by atoms with E-state index in [1.54, 1.807) is 0 Å². The number of rotatable bonds is 16. The van der Waals surface area contributed by atoms with E-state index in [0.717, 1.165) is 34.2 Å². The van der Waals surface area contributed by atoms with Crippen LogP contribution in [0, 0.1) is 6.92 Å². The first-order valence-electron chi connectivity index (χ1n) is 10.6. The largest absolute Gasteiger partial charge is 0.491 e. The predicted octanol–water partition coefficient (Wildman–Crippen LogP) is 3.40. The van der Waals surface area contributed by atoms with Crippen LogP contribution in [0.2, 0.25) is 0 Å². The minimum absolute atomic E-state index is 0.169. The van der Waals surface area contributed by atoms with Gasteiger partial charge < -0.3 is 28.4 Å². The maximum Gasteiger partial charge on any atom is 0.330 e. The highest BCUT2D eigenvalue weighted by atomic mass is 16.6. The van der Waals surface area contributed by atoms with Crippen molar-refractivity contribution < 1.29 is 38.0 Å². The molecule has 0 aromatic heterocycles. The molecule has 0 radical (unpaired) electrons. The molecule has 0 aliphatic heterocycles. The van der Waals surface area contributed by atoms with Crippen molar-refractivity contribution in [3.8, 4) is 11.5 Å². The lowest BCUT2D eigenvalue weighted by Gasteiger charge is -2.14. The van der Waals surface area contributed by atoms with Gasteiger partial charge in [0.2, 0.25) is 0 Å². The summed E-state index contributed by atoms with van der Waals surface area (Å²) in [6.07, 6.45) is 2.22. The maximum atomic E-state index is 11.0. The minimum Gasteiger partial charge on any atom is -0.491 e. The van der Waals surface area contributed by atoms with Crippen LogP contribution in [0.15, 0.2) is 55.6 Å². The van der Waals surface area contributed by atoms with Gasteiger partial charge in [0.1, 0.15) is 37.9 Å². The van der Waals surface area contributed by atoms with E-state index in [0.29, 0.717) is 32.2 Å². The number of hydrogen-bond donors (Lipinski definition) is 0. The summed E-state index contributed by atoms with van der Waals surface area (Å²) in [5, 5.41) is 1.96. The highest BCUT2D eigenvalue weighted by Gasteiger charge is 2.08. The van der Waals surface area contributed by atoms with Gasteiger partial charge in [0.05, 0.1) is 26.4 Å². The van der Waals surface area contributed by atoms with Gasteiger partial charge in [-0.1, -0.05) is 31.4 Å². The lowest BCUT2D eigenvalue weighted by molar-refractivity contribution is -0.140. The topological polar surface area (TPSA) is 89.5 Å². The predicted molar refractivity (Wildman–Crippen MR) is 124 cm³/mol. The summed E-state index contributed by atoms with van der Waals surface area (Å²) in [5.41, 5.74) is 0.997. The molecule has 0 aliphatic carbocycles. The second-order valence-electron chi connectivity index (χ2n) is 6.76. The first-order valence-corrected chi connectivity index (χ1v) is 10.6. The highest BCUT2D eigenvalue weighted by Crippen LogP contribution is 2.32. The number of benzene rings is 2. The van der Waals surface area contributed by atoms with Crippen molar-refractivity contribution in [1.29, 1.82) is 0 Å². The Morgan fingerprint density at radius 2 is 1.30 bits per heavy atom. The number of fused-ring (bicyclic) bond motifs is 1. The van der Waals surface area contributed by atoms with Crippen molar-refractivity contribution in [2.24, 2.45) is 0 Å². The first-order chi connectivity index (χ1) is 16.0. The molecule has 0 spiro atoms. The van der Waals surface area contributed by atoms with Crippen LogP contribution in [0.1, 0.15) is 5.56 Å². The van der Waals surface area contributed by atoms with Crippen molar-refractivity contribution in [2.75, 3.05) is 52.9 Å². The fraction of sp³-hybridized carbons (Fsp3) is 0.360. The van der Waals surface area contributed by atoms with E-state index in [4.69, 9.17) is 28.4 Å². The molecule has 0 aliphatic rings. The van der Waals surface area contributed by atoms with Gasteiger partial charge in [-0.2, -0.15) is 0 Å². The Bertz CT molecular complexity index is 937. The molecule has 8 heteroatoms. The molecule has 0 atom stereocenters. The van der Waals surface area contributed by atoms with E-state index in [1.165, 1.54) is 0 Å². The van der Waals surface area contributed by atoms with Crippen molar-refractivity contribution in [3.63, 3.8) is 0 Å². The van der Waals surface area contributed by atoms with Crippen LogP contribution in [-0.4, -0.2) is 64.8 Å². The molecule has 0 saturated carbocycles. The number of esters is 2. The van der Waals surface area contributed by atoms with Gasteiger partial charge in [0, 0.05) is 17.5 Å². The molecule has 0 amide bonds. The van der Waals surface area contributed by atoms with Gasteiger partial charge >= 0.3 is 11.9 Å². The van der Waals surface area contributed by atoms with Crippen LogP contribution in [-0.2, 0) is 28.5 Å². The molecule has 33 heavy (non-hydrogen) atoms. The van der Waals surface area contributed by atoms with Crippen LogP contribution >= 0.6 is 0 Å². The second kappa shape index (κ2) is 14.7. The van der Waals surface area contributed by atoms with Crippen molar-refractivity contribution in [2.45, 2.75) is 6.92 Å². The number of carbonyl (C=O) groups excluding carboxylic acids is 2. The molecular weight excluding hydrogens is 428 g/mol. The van der Waals surface area contributed by atoms with Crippen molar-refractivity contribution in [1.82, 2.24) is 0 Å². The normalized spacial score (nSPS) is 10.5. The van der Waals surface area contributed by atoms with E-state index >= 15 is 0 Å². The third kappa shape index (κ3) is 9.34. The van der Waals surface area contributed by atoms with Crippen molar-refractivity contribution >= 4 is 22.7 Å². The lowest BCUT2D eigenvalue weighted by atomic mass is 10.1. The average Bonchev–Trinajstić information content (AvgIpc) is 2.83. The van der Waals surface area contributed by atoms with E-state index < -0.39 is 11.9 Å². The van der Waals surface area contributed by atoms with Gasteiger partial charge in [-0.05, 0) is 30.0 Å². The number of aryl methyl sites for hydroxylation is 1. The molecule has 0 unspecified atom stereocenters. The molecule has 0 N–H and O–H groups in total. The minimum atomic E-state index is -0.472. The number of ether oxygens (including phenoxy) is 6. The van der Waals surface area contributed by atoms with Crippen LogP contribution in [0.5, 0.6) is 11.5 Å². The Morgan fingerprint density at radius 3 is 1.91 bits per heavy atom. The molecule has 8 nitrogen and oxygen atoms in total. The molecule has 0 bridgehead atoms. The van der Waals surface area contributed by atoms with Gasteiger partial charge in [-0.15, -0.1) is 0 Å².